The summed E-state index contributed by atoms with van der Waals surface area (Å²) in [5.41, 5.74) is 5.99. The number of benzene rings is 2. The summed E-state index contributed by atoms with van der Waals surface area (Å²) in [6.45, 7) is 0. The van der Waals surface area contributed by atoms with E-state index >= 15 is 0 Å². The van der Waals surface area contributed by atoms with Crippen LogP contribution in [0.2, 0.25) is 5.02 Å². The molecule has 0 fully saturated rings. The van der Waals surface area contributed by atoms with Crippen molar-refractivity contribution in [3.05, 3.63) is 58.9 Å². The lowest BCUT2D eigenvalue weighted by atomic mass is 10.3. The van der Waals surface area contributed by atoms with Gasteiger partial charge in [0.1, 0.15) is 4.90 Å². The van der Waals surface area contributed by atoms with Crippen molar-refractivity contribution in [3.63, 3.8) is 0 Å². The normalized spacial score (nSPS) is 11.5. The van der Waals surface area contributed by atoms with Crippen LogP contribution < -0.4 is 11.1 Å². The zero-order valence-electron chi connectivity index (χ0n) is 12.6. The number of nitrogen functional groups attached to an aromatic ring is 1. The zero-order valence-corrected chi connectivity index (χ0v) is 14.2. The van der Waals surface area contributed by atoms with E-state index in [1.165, 1.54) is 0 Å². The van der Waals surface area contributed by atoms with Crippen LogP contribution in [-0.4, -0.2) is 22.6 Å². The fourth-order valence-corrected chi connectivity index (χ4v) is 3.34. The molecule has 0 saturated carbocycles. The summed E-state index contributed by atoms with van der Waals surface area (Å²) in [6, 6.07) is 7.32. The molecule has 1 heterocycles. The molecule has 7 nitrogen and oxygen atoms in total. The van der Waals surface area contributed by atoms with Crippen molar-refractivity contribution in [2.24, 2.45) is 0 Å². The number of anilines is 3. The van der Waals surface area contributed by atoms with Gasteiger partial charge >= 0.3 is 0 Å². The predicted molar refractivity (Wildman–Crippen MR) is 88.1 cm³/mol. The Hall–Kier alpha value is -2.79. The van der Waals surface area contributed by atoms with E-state index in [2.05, 4.69) is 15.4 Å². The van der Waals surface area contributed by atoms with E-state index in [-0.39, 0.29) is 10.0 Å². The summed E-state index contributed by atoms with van der Waals surface area (Å²) in [7, 11) is -4.74. The number of nitrogens with two attached hydrogens (primary N) is 1. The minimum Gasteiger partial charge on any atom is -0.367 e. The minimum atomic E-state index is -4.74. The molecule has 0 unspecified atom stereocenters. The Morgan fingerprint density at radius 1 is 1.04 bits per heavy atom. The molecule has 0 spiro atoms. The Bertz CT molecular complexity index is 1090. The van der Waals surface area contributed by atoms with Crippen molar-refractivity contribution >= 4 is 39.2 Å². The molecule has 1 aromatic heterocycles. The molecular formula is C14H9ClF3N5O2S. The molecule has 26 heavy (non-hydrogen) atoms. The van der Waals surface area contributed by atoms with E-state index in [0.29, 0.717) is 22.8 Å². The number of nitrogens with zero attached hydrogens (tertiary/aromatic N) is 3. The molecule has 12 heteroatoms. The van der Waals surface area contributed by atoms with Crippen LogP contribution in [0.15, 0.2) is 41.3 Å². The van der Waals surface area contributed by atoms with Crippen LogP contribution in [0.4, 0.5) is 30.8 Å². The Labute approximate surface area is 150 Å². The first-order valence-electron chi connectivity index (χ1n) is 6.84. The number of hydrogen-bond acceptors (Lipinski definition) is 6. The van der Waals surface area contributed by atoms with Gasteiger partial charge in [-0.3, -0.25) is 0 Å². The van der Waals surface area contributed by atoms with Gasteiger partial charge in [-0.1, -0.05) is 11.6 Å². The van der Waals surface area contributed by atoms with Crippen LogP contribution in [0.1, 0.15) is 0 Å². The SMILES string of the molecule is Nc1nc(Nc2ccc(Cl)cc2)nn1S(=O)(=O)c1ccc(F)c(F)c1F. The van der Waals surface area contributed by atoms with Crippen LogP contribution in [0, 0.1) is 17.5 Å². The van der Waals surface area contributed by atoms with E-state index in [1.54, 1.807) is 24.3 Å². The van der Waals surface area contributed by atoms with Crippen LogP contribution in [-0.2, 0) is 10.0 Å². The molecular weight excluding hydrogens is 395 g/mol. The second-order valence-electron chi connectivity index (χ2n) is 4.95. The second-order valence-corrected chi connectivity index (χ2v) is 7.12. The lowest BCUT2D eigenvalue weighted by Crippen LogP contribution is -2.19. The van der Waals surface area contributed by atoms with Gasteiger partial charge in [0.15, 0.2) is 17.5 Å². The van der Waals surface area contributed by atoms with Crippen molar-refractivity contribution in [2.45, 2.75) is 4.90 Å². The molecule has 3 N–H and O–H groups in total. The molecule has 0 amide bonds. The summed E-state index contributed by atoms with van der Waals surface area (Å²) < 4.78 is 65.3. The summed E-state index contributed by atoms with van der Waals surface area (Å²) in [6.07, 6.45) is 0. The van der Waals surface area contributed by atoms with Crippen molar-refractivity contribution in [1.82, 2.24) is 14.2 Å². The topological polar surface area (TPSA) is 103 Å². The molecule has 2 aromatic carbocycles. The molecule has 0 aliphatic rings. The number of nitrogens with one attached hydrogen (secondary N) is 1. The van der Waals surface area contributed by atoms with Crippen molar-refractivity contribution in [1.29, 1.82) is 0 Å². The van der Waals surface area contributed by atoms with E-state index in [9.17, 15) is 21.6 Å². The second kappa shape index (κ2) is 6.50. The predicted octanol–water partition coefficient (Wildman–Crippen LogP) is 2.91. The maximum atomic E-state index is 13.8. The highest BCUT2D eigenvalue weighted by molar-refractivity contribution is 7.90. The minimum absolute atomic E-state index is 0.209. The van der Waals surface area contributed by atoms with Gasteiger partial charge in [-0.15, -0.1) is 9.19 Å². The van der Waals surface area contributed by atoms with Gasteiger partial charge in [-0.05, 0) is 36.4 Å². The standard InChI is InChI=1S/C14H9ClF3N5O2S/c15-7-1-3-8(4-2-7)20-14-21-13(19)23(22-14)26(24,25)10-6-5-9(16)11(17)12(10)18/h1-6H,(H3,19,20,21,22). The highest BCUT2D eigenvalue weighted by Gasteiger charge is 2.29. The summed E-state index contributed by atoms with van der Waals surface area (Å²) >= 11 is 5.76. The number of aromatic nitrogens is 3. The molecule has 0 atom stereocenters. The average Bonchev–Trinajstić information content (AvgIpc) is 2.96. The van der Waals surface area contributed by atoms with Crippen molar-refractivity contribution in [2.75, 3.05) is 11.1 Å². The lowest BCUT2D eigenvalue weighted by Gasteiger charge is -2.07. The quantitative estimate of drug-likeness (QED) is 0.649. The summed E-state index contributed by atoms with van der Waals surface area (Å²) in [4.78, 5) is 2.57. The Kier molecular flexibility index (Phi) is 4.50. The molecule has 0 radical (unpaired) electrons. The number of rotatable bonds is 4. The van der Waals surface area contributed by atoms with Crippen LogP contribution >= 0.6 is 11.6 Å². The lowest BCUT2D eigenvalue weighted by molar-refractivity contribution is 0.431. The van der Waals surface area contributed by atoms with E-state index in [0.717, 1.165) is 0 Å². The molecule has 136 valence electrons. The third-order valence-corrected chi connectivity index (χ3v) is 5.05. The number of halogens is 4. The molecule has 3 aromatic rings. The van der Waals surface area contributed by atoms with Crippen LogP contribution in [0.25, 0.3) is 0 Å². The van der Waals surface area contributed by atoms with E-state index in [1.807, 2.05) is 0 Å². The molecule has 0 aliphatic carbocycles. The largest absolute Gasteiger partial charge is 0.367 e. The third kappa shape index (κ3) is 3.18. The Balaban J connectivity index is 2.00. The van der Waals surface area contributed by atoms with E-state index < -0.39 is 38.3 Å². The van der Waals surface area contributed by atoms with Gasteiger partial charge in [-0.25, -0.2) is 13.2 Å². The third-order valence-electron chi connectivity index (χ3n) is 3.21. The van der Waals surface area contributed by atoms with Gasteiger partial charge in [0.05, 0.1) is 0 Å². The Morgan fingerprint density at radius 2 is 1.69 bits per heavy atom. The maximum absolute atomic E-state index is 13.8. The van der Waals surface area contributed by atoms with Gasteiger partial charge in [0, 0.05) is 10.7 Å². The van der Waals surface area contributed by atoms with Gasteiger partial charge in [-0.2, -0.15) is 13.4 Å². The van der Waals surface area contributed by atoms with Crippen molar-refractivity contribution < 1.29 is 21.6 Å². The number of hydrogen-bond donors (Lipinski definition) is 2. The van der Waals surface area contributed by atoms with E-state index in [4.69, 9.17) is 17.3 Å². The van der Waals surface area contributed by atoms with Gasteiger partial charge < -0.3 is 11.1 Å². The first kappa shape index (κ1) is 18.0. The zero-order chi connectivity index (χ0) is 19.1. The fraction of sp³-hybridized carbons (Fsp3) is 0. The monoisotopic (exact) mass is 403 g/mol. The Morgan fingerprint density at radius 3 is 2.35 bits per heavy atom. The average molecular weight is 404 g/mol. The van der Waals surface area contributed by atoms with Crippen LogP contribution in [0.3, 0.4) is 0 Å². The first-order chi connectivity index (χ1) is 12.2. The van der Waals surface area contributed by atoms with Gasteiger partial charge in [0.25, 0.3) is 10.0 Å². The van der Waals surface area contributed by atoms with Crippen molar-refractivity contribution in [3.8, 4) is 0 Å². The summed E-state index contributed by atoms with van der Waals surface area (Å²) in [5.74, 6) is -6.16. The maximum Gasteiger partial charge on any atom is 0.289 e. The van der Waals surface area contributed by atoms with Crippen LogP contribution in [0.5, 0.6) is 0 Å². The van der Waals surface area contributed by atoms with Gasteiger partial charge in [0.2, 0.25) is 11.9 Å². The molecule has 0 saturated heterocycles. The highest BCUT2D eigenvalue weighted by Crippen LogP contribution is 2.24. The smallest absolute Gasteiger partial charge is 0.289 e. The molecule has 0 aliphatic heterocycles. The highest BCUT2D eigenvalue weighted by atomic mass is 35.5. The fourth-order valence-electron chi connectivity index (χ4n) is 2.00. The first-order valence-corrected chi connectivity index (χ1v) is 8.66. The molecule has 0 bridgehead atoms. The summed E-state index contributed by atoms with van der Waals surface area (Å²) in [5, 5.41) is 6.79. The molecule has 3 rings (SSSR count).